The summed E-state index contributed by atoms with van der Waals surface area (Å²) in [6.07, 6.45) is 8.48. The largest absolute Gasteiger partial charge is 0.302 e. The van der Waals surface area contributed by atoms with E-state index in [0.29, 0.717) is 17.1 Å². The van der Waals surface area contributed by atoms with Gasteiger partial charge in [0.05, 0.1) is 18.2 Å². The molecular formula is C23H30N2O2. The van der Waals surface area contributed by atoms with Crippen LogP contribution in [0.2, 0.25) is 0 Å². The zero-order valence-electron chi connectivity index (χ0n) is 16.4. The number of hydrogen-bond acceptors (Lipinski definition) is 3. The molecule has 0 aromatic heterocycles. The third kappa shape index (κ3) is 2.84. The van der Waals surface area contributed by atoms with Gasteiger partial charge in [0.2, 0.25) is 5.91 Å². The Kier molecular flexibility index (Phi) is 3.98. The number of amides is 2. The highest BCUT2D eigenvalue weighted by Gasteiger charge is 2.54. The molecule has 4 heteroatoms. The van der Waals surface area contributed by atoms with Gasteiger partial charge in [-0.05, 0) is 87.7 Å². The van der Waals surface area contributed by atoms with Gasteiger partial charge in [0.15, 0.2) is 0 Å². The Labute approximate surface area is 161 Å². The Bertz CT molecular complexity index is 734. The lowest BCUT2D eigenvalue weighted by molar-refractivity contribution is -0.122. The summed E-state index contributed by atoms with van der Waals surface area (Å²) < 4.78 is 0. The van der Waals surface area contributed by atoms with Crippen LogP contribution in [0.5, 0.6) is 0 Å². The monoisotopic (exact) mass is 366 g/mol. The minimum atomic E-state index is -0.373. The van der Waals surface area contributed by atoms with Crippen molar-refractivity contribution < 1.29 is 9.59 Å². The minimum Gasteiger partial charge on any atom is -0.302 e. The fourth-order valence-corrected chi connectivity index (χ4v) is 6.91. The number of rotatable bonds is 4. The molecule has 1 aromatic rings. The number of hydrogen-bond donors (Lipinski definition) is 1. The normalized spacial score (nSPS) is 38.7. The molecule has 1 N–H and O–H groups in total. The first-order chi connectivity index (χ1) is 12.9. The van der Waals surface area contributed by atoms with Crippen LogP contribution in [0, 0.1) is 30.1 Å². The Morgan fingerprint density at radius 3 is 2.11 bits per heavy atom. The lowest BCUT2D eigenvalue weighted by Gasteiger charge is -2.59. The highest BCUT2D eigenvalue weighted by Crippen LogP contribution is 2.61. The van der Waals surface area contributed by atoms with E-state index in [2.05, 4.69) is 12.2 Å². The molecule has 4 bridgehead atoms. The average Bonchev–Trinajstić information content (AvgIpc) is 2.88. The van der Waals surface area contributed by atoms with Crippen LogP contribution < -0.4 is 10.2 Å². The van der Waals surface area contributed by atoms with Gasteiger partial charge in [-0.1, -0.05) is 17.7 Å². The van der Waals surface area contributed by atoms with Crippen molar-refractivity contribution in [2.24, 2.45) is 23.2 Å². The maximum absolute atomic E-state index is 13.0. The van der Waals surface area contributed by atoms with Crippen molar-refractivity contribution in [2.45, 2.75) is 70.9 Å². The first kappa shape index (κ1) is 17.4. The molecular weight excluding hydrogens is 336 g/mol. The fraction of sp³-hybridized carbons (Fsp3) is 0.652. The zero-order valence-corrected chi connectivity index (χ0v) is 16.4. The smallest absolute Gasteiger partial charge is 0.251 e. The number of nitrogens with zero attached hydrogens (tertiary/aromatic N) is 1. The molecule has 0 spiro atoms. The van der Waals surface area contributed by atoms with E-state index in [-0.39, 0.29) is 24.3 Å². The van der Waals surface area contributed by atoms with E-state index in [1.807, 2.05) is 31.2 Å². The number of aryl methyl sites for hydroxylation is 1. The predicted molar refractivity (Wildman–Crippen MR) is 105 cm³/mol. The van der Waals surface area contributed by atoms with Gasteiger partial charge in [0.1, 0.15) is 0 Å². The summed E-state index contributed by atoms with van der Waals surface area (Å²) in [5, 5.41) is 3.62. The summed E-state index contributed by atoms with van der Waals surface area (Å²) in [6.45, 7) is 4.27. The summed E-state index contributed by atoms with van der Waals surface area (Å²) in [5.41, 5.74) is 2.17. The van der Waals surface area contributed by atoms with Crippen LogP contribution in [0.25, 0.3) is 0 Å². The molecule has 1 aromatic carbocycles. The molecule has 5 aliphatic rings. The minimum absolute atomic E-state index is 0.0829. The van der Waals surface area contributed by atoms with Crippen LogP contribution in [-0.4, -0.2) is 23.9 Å². The number of anilines is 1. The van der Waals surface area contributed by atoms with Gasteiger partial charge in [-0.25, -0.2) is 4.90 Å². The molecule has 6 rings (SSSR count). The van der Waals surface area contributed by atoms with Crippen molar-refractivity contribution in [2.75, 3.05) is 4.90 Å². The highest BCUT2D eigenvalue weighted by molar-refractivity contribution is 6.22. The van der Waals surface area contributed by atoms with Crippen molar-refractivity contribution in [1.82, 2.24) is 5.32 Å². The lowest BCUT2D eigenvalue weighted by atomic mass is 9.48. The predicted octanol–water partition coefficient (Wildman–Crippen LogP) is 3.82. The number of carbonyl (C=O) groups excluding carboxylic acids is 2. The maximum Gasteiger partial charge on any atom is 0.251 e. The van der Waals surface area contributed by atoms with Crippen LogP contribution in [-0.2, 0) is 9.59 Å². The van der Waals surface area contributed by atoms with Crippen molar-refractivity contribution in [1.29, 1.82) is 0 Å². The molecule has 5 fully saturated rings. The Morgan fingerprint density at radius 2 is 1.56 bits per heavy atom. The Morgan fingerprint density at radius 1 is 1.00 bits per heavy atom. The van der Waals surface area contributed by atoms with E-state index in [9.17, 15) is 9.59 Å². The van der Waals surface area contributed by atoms with Crippen molar-refractivity contribution in [3.63, 3.8) is 0 Å². The third-order valence-corrected chi connectivity index (χ3v) is 7.89. The van der Waals surface area contributed by atoms with E-state index in [4.69, 9.17) is 0 Å². The molecule has 2 atom stereocenters. The van der Waals surface area contributed by atoms with Gasteiger partial charge >= 0.3 is 0 Å². The molecule has 144 valence electrons. The maximum atomic E-state index is 13.0. The SMILES string of the molecule is Cc1ccc(N2C(=O)C[C@@H](N[C@@H](C)C34CC5CC(CC(C5)C3)C4)C2=O)cc1. The number of imide groups is 1. The van der Waals surface area contributed by atoms with Crippen LogP contribution in [0.3, 0.4) is 0 Å². The summed E-state index contributed by atoms with van der Waals surface area (Å²) >= 11 is 0. The molecule has 0 unspecified atom stereocenters. The molecule has 0 radical (unpaired) electrons. The van der Waals surface area contributed by atoms with E-state index in [1.165, 1.54) is 43.4 Å². The topological polar surface area (TPSA) is 49.4 Å². The third-order valence-electron chi connectivity index (χ3n) is 7.89. The van der Waals surface area contributed by atoms with Crippen LogP contribution in [0.1, 0.15) is 57.4 Å². The molecule has 27 heavy (non-hydrogen) atoms. The quantitative estimate of drug-likeness (QED) is 0.824. The van der Waals surface area contributed by atoms with Crippen molar-refractivity contribution in [3.05, 3.63) is 29.8 Å². The number of nitrogens with one attached hydrogen (secondary N) is 1. The lowest BCUT2D eigenvalue weighted by Crippen LogP contribution is -2.57. The second-order valence-corrected chi connectivity index (χ2v) is 9.83. The van der Waals surface area contributed by atoms with Gasteiger partial charge in [0.25, 0.3) is 5.91 Å². The van der Waals surface area contributed by atoms with Gasteiger partial charge in [0, 0.05) is 6.04 Å². The standard InChI is InChI=1S/C23H30N2O2/c1-14-3-5-19(6-4-14)25-21(26)10-20(22(25)27)24-15(2)23-11-16-7-17(12-23)9-18(8-16)13-23/h3-6,15-18,20,24H,7-13H2,1-2H3/t15-,16?,17?,18?,20+,23?/m0/s1. The second kappa shape index (κ2) is 6.16. The number of carbonyl (C=O) groups is 2. The molecule has 1 aliphatic heterocycles. The zero-order chi connectivity index (χ0) is 18.8. The van der Waals surface area contributed by atoms with Crippen molar-refractivity contribution in [3.8, 4) is 0 Å². The molecule has 4 saturated carbocycles. The molecule has 4 aliphatic carbocycles. The van der Waals surface area contributed by atoms with Gasteiger partial charge < -0.3 is 5.32 Å². The van der Waals surface area contributed by atoms with Gasteiger partial charge in [-0.2, -0.15) is 0 Å². The summed E-state index contributed by atoms with van der Waals surface area (Å²) in [7, 11) is 0. The van der Waals surface area contributed by atoms with Gasteiger partial charge in [-0.15, -0.1) is 0 Å². The molecule has 1 heterocycles. The fourth-order valence-electron chi connectivity index (χ4n) is 6.91. The summed E-state index contributed by atoms with van der Waals surface area (Å²) in [6, 6.07) is 7.57. The van der Waals surface area contributed by atoms with E-state index in [1.54, 1.807) is 0 Å². The van der Waals surface area contributed by atoms with Crippen molar-refractivity contribution >= 4 is 17.5 Å². The summed E-state index contributed by atoms with van der Waals surface area (Å²) in [5.74, 6) is 2.51. The average molecular weight is 367 g/mol. The Balaban J connectivity index is 1.32. The second-order valence-electron chi connectivity index (χ2n) is 9.83. The highest BCUT2D eigenvalue weighted by atomic mass is 16.2. The van der Waals surface area contributed by atoms with E-state index >= 15 is 0 Å². The van der Waals surface area contributed by atoms with E-state index in [0.717, 1.165) is 23.3 Å². The summed E-state index contributed by atoms with van der Waals surface area (Å²) in [4.78, 5) is 27.0. The first-order valence-electron chi connectivity index (χ1n) is 10.6. The van der Waals surface area contributed by atoms with E-state index < -0.39 is 0 Å². The molecule has 4 nitrogen and oxygen atoms in total. The number of benzene rings is 1. The molecule has 1 saturated heterocycles. The molecule has 2 amide bonds. The Hall–Kier alpha value is -1.68. The van der Waals surface area contributed by atoms with Crippen LogP contribution in [0.15, 0.2) is 24.3 Å². The van der Waals surface area contributed by atoms with Crippen LogP contribution >= 0.6 is 0 Å². The van der Waals surface area contributed by atoms with Crippen LogP contribution in [0.4, 0.5) is 5.69 Å². The van der Waals surface area contributed by atoms with Gasteiger partial charge in [-0.3, -0.25) is 9.59 Å². The first-order valence-corrected chi connectivity index (χ1v) is 10.6.